The molecule has 0 atom stereocenters. The van der Waals surface area contributed by atoms with E-state index in [4.69, 9.17) is 4.52 Å². The van der Waals surface area contributed by atoms with Crippen LogP contribution in [0.4, 0.5) is 14.6 Å². The minimum absolute atomic E-state index is 0.0167. The van der Waals surface area contributed by atoms with Gasteiger partial charge < -0.3 is 14.9 Å². The van der Waals surface area contributed by atoms with Gasteiger partial charge in [0.05, 0.1) is 24.0 Å². The van der Waals surface area contributed by atoms with Crippen molar-refractivity contribution in [2.24, 2.45) is 0 Å². The summed E-state index contributed by atoms with van der Waals surface area (Å²) in [6.07, 6.45) is 3.81. The molecule has 2 N–H and O–H groups in total. The summed E-state index contributed by atoms with van der Waals surface area (Å²) in [4.78, 5) is 8.28. The number of aliphatic hydroxyl groups is 1. The van der Waals surface area contributed by atoms with E-state index in [1.807, 2.05) is 0 Å². The topological polar surface area (TPSA) is 102 Å². The summed E-state index contributed by atoms with van der Waals surface area (Å²) in [6, 6.07) is 9.75. The fourth-order valence-electron chi connectivity index (χ4n) is 3.17. The lowest BCUT2D eigenvalue weighted by Crippen LogP contribution is -2.21. The van der Waals surface area contributed by atoms with Crippen LogP contribution in [-0.4, -0.2) is 42.2 Å². The lowest BCUT2D eigenvalue weighted by atomic mass is 10.2. The molecule has 1 aliphatic rings. The van der Waals surface area contributed by atoms with Crippen LogP contribution >= 0.6 is 0 Å². The Hall–Kier alpha value is -3.66. The van der Waals surface area contributed by atoms with Crippen molar-refractivity contribution in [2.45, 2.75) is 25.0 Å². The second-order valence-electron chi connectivity index (χ2n) is 7.52. The first-order valence-corrected chi connectivity index (χ1v) is 9.72. The largest absolute Gasteiger partial charge is 0.388 e. The van der Waals surface area contributed by atoms with E-state index in [1.54, 1.807) is 35.0 Å². The number of hydrogen-bond acceptors (Lipinski definition) is 7. The molecule has 158 valence electrons. The smallest absolute Gasteiger partial charge is 0.183 e. The normalized spacial score (nSPS) is 14.5. The minimum Gasteiger partial charge on any atom is -0.388 e. The number of anilines is 1. The summed E-state index contributed by atoms with van der Waals surface area (Å²) in [5.74, 6) is -0.815. The predicted octanol–water partition coefficient (Wildman–Crippen LogP) is 3.26. The lowest BCUT2D eigenvalue weighted by molar-refractivity contribution is 0.164. The average Bonchev–Trinajstić information content (AvgIpc) is 3.15. The molecular weight excluding hydrogens is 406 g/mol. The molecular formula is C21H18F2N6O2. The van der Waals surface area contributed by atoms with E-state index in [9.17, 15) is 13.9 Å². The van der Waals surface area contributed by atoms with Crippen LogP contribution in [0.1, 0.15) is 18.4 Å². The van der Waals surface area contributed by atoms with Gasteiger partial charge in [0.2, 0.25) is 0 Å². The van der Waals surface area contributed by atoms with Gasteiger partial charge in [-0.3, -0.25) is 4.68 Å². The van der Waals surface area contributed by atoms with E-state index in [2.05, 4.69) is 25.5 Å². The van der Waals surface area contributed by atoms with Gasteiger partial charge in [-0.25, -0.2) is 18.7 Å². The Balaban J connectivity index is 1.50. The maximum atomic E-state index is 14.2. The molecule has 8 nitrogen and oxygen atoms in total. The molecule has 3 heterocycles. The summed E-state index contributed by atoms with van der Waals surface area (Å²) in [5.41, 5.74) is 1.08. The van der Waals surface area contributed by atoms with E-state index in [0.29, 0.717) is 35.5 Å². The van der Waals surface area contributed by atoms with E-state index in [1.165, 1.54) is 12.3 Å². The minimum atomic E-state index is -0.807. The van der Waals surface area contributed by atoms with Crippen molar-refractivity contribution >= 4 is 5.82 Å². The van der Waals surface area contributed by atoms with Crippen molar-refractivity contribution in [3.05, 3.63) is 66.1 Å². The van der Waals surface area contributed by atoms with E-state index < -0.39 is 11.4 Å². The van der Waals surface area contributed by atoms with E-state index >= 15 is 0 Å². The highest BCUT2D eigenvalue weighted by atomic mass is 19.1. The average molecular weight is 424 g/mol. The van der Waals surface area contributed by atoms with Gasteiger partial charge in [-0.1, -0.05) is 23.4 Å². The molecule has 0 amide bonds. The van der Waals surface area contributed by atoms with Gasteiger partial charge in [0.1, 0.15) is 23.5 Å². The Labute approximate surface area is 175 Å². The Kier molecular flexibility index (Phi) is 4.70. The number of nitrogens with zero attached hydrogens (tertiary/aromatic N) is 5. The molecule has 1 fully saturated rings. The molecule has 1 aromatic carbocycles. The molecule has 0 spiro atoms. The third-order valence-corrected chi connectivity index (χ3v) is 5.14. The highest BCUT2D eigenvalue weighted by molar-refractivity contribution is 5.63. The summed E-state index contributed by atoms with van der Waals surface area (Å²) in [6.45, 7) is 0.348. The standard InChI is InChI=1S/C21H18F2N6O2/c22-14-4-2-1-3-13(14)11-29-18(16-5-8-31-28-16)9-17(27-29)20-24-10-15(23)19(26-20)25-12-21(30)6-7-21/h1-5,8-10,30H,6-7,11-12H2,(H,24,25,26). The third kappa shape index (κ3) is 4.02. The summed E-state index contributed by atoms with van der Waals surface area (Å²) in [7, 11) is 0. The maximum Gasteiger partial charge on any atom is 0.183 e. The molecule has 0 saturated heterocycles. The highest BCUT2D eigenvalue weighted by Gasteiger charge is 2.40. The quantitative estimate of drug-likeness (QED) is 0.470. The molecule has 0 aliphatic heterocycles. The van der Waals surface area contributed by atoms with Crippen LogP contribution in [0.25, 0.3) is 22.9 Å². The van der Waals surface area contributed by atoms with Crippen LogP contribution in [0.3, 0.4) is 0 Å². The zero-order valence-corrected chi connectivity index (χ0v) is 16.3. The summed E-state index contributed by atoms with van der Waals surface area (Å²) >= 11 is 0. The molecule has 0 unspecified atom stereocenters. The van der Waals surface area contributed by atoms with Gasteiger partial charge in [0.25, 0.3) is 0 Å². The van der Waals surface area contributed by atoms with Crippen LogP contribution in [0, 0.1) is 11.6 Å². The van der Waals surface area contributed by atoms with Crippen LogP contribution in [0.5, 0.6) is 0 Å². The van der Waals surface area contributed by atoms with Crippen molar-refractivity contribution in [1.29, 1.82) is 0 Å². The Morgan fingerprint density at radius 1 is 1.13 bits per heavy atom. The van der Waals surface area contributed by atoms with Crippen LogP contribution in [0.2, 0.25) is 0 Å². The highest BCUT2D eigenvalue weighted by Crippen LogP contribution is 2.35. The summed E-state index contributed by atoms with van der Waals surface area (Å²) < 4.78 is 34.9. The Morgan fingerprint density at radius 3 is 2.71 bits per heavy atom. The molecule has 10 heteroatoms. The molecule has 4 aromatic rings. The third-order valence-electron chi connectivity index (χ3n) is 5.14. The van der Waals surface area contributed by atoms with Crippen molar-refractivity contribution in [1.82, 2.24) is 24.9 Å². The molecule has 1 aliphatic carbocycles. The van der Waals surface area contributed by atoms with E-state index in [-0.39, 0.29) is 30.5 Å². The van der Waals surface area contributed by atoms with Crippen LogP contribution in [0.15, 0.2) is 53.4 Å². The zero-order chi connectivity index (χ0) is 21.4. The summed E-state index contributed by atoms with van der Waals surface area (Å²) in [5, 5.41) is 21.3. The van der Waals surface area contributed by atoms with Gasteiger partial charge in [-0.15, -0.1) is 0 Å². The van der Waals surface area contributed by atoms with Crippen molar-refractivity contribution in [2.75, 3.05) is 11.9 Å². The van der Waals surface area contributed by atoms with E-state index in [0.717, 1.165) is 6.20 Å². The SMILES string of the molecule is OC1(CNc2nc(-c3cc(-c4ccon4)n(Cc4ccccc4F)n3)ncc2F)CC1. The van der Waals surface area contributed by atoms with Crippen molar-refractivity contribution in [3.63, 3.8) is 0 Å². The Bertz CT molecular complexity index is 1220. The number of benzene rings is 1. The Morgan fingerprint density at radius 2 is 1.97 bits per heavy atom. The molecule has 1 saturated carbocycles. The number of halogens is 2. The monoisotopic (exact) mass is 424 g/mol. The van der Waals surface area contributed by atoms with Crippen molar-refractivity contribution in [3.8, 4) is 22.9 Å². The van der Waals surface area contributed by atoms with Crippen LogP contribution < -0.4 is 5.32 Å². The first-order chi connectivity index (χ1) is 15.0. The van der Waals surface area contributed by atoms with Gasteiger partial charge >= 0.3 is 0 Å². The second-order valence-corrected chi connectivity index (χ2v) is 7.52. The fraction of sp³-hybridized carbons (Fsp3) is 0.238. The van der Waals surface area contributed by atoms with Crippen LogP contribution in [-0.2, 0) is 6.54 Å². The second kappa shape index (κ2) is 7.55. The molecule has 0 bridgehead atoms. The predicted molar refractivity (Wildman–Crippen MR) is 107 cm³/mol. The number of aromatic nitrogens is 5. The fourth-order valence-corrected chi connectivity index (χ4v) is 3.17. The molecule has 3 aromatic heterocycles. The maximum absolute atomic E-state index is 14.2. The molecule has 0 radical (unpaired) electrons. The lowest BCUT2D eigenvalue weighted by Gasteiger charge is -2.10. The van der Waals surface area contributed by atoms with Gasteiger partial charge in [-0.05, 0) is 25.0 Å². The molecule has 31 heavy (non-hydrogen) atoms. The first kappa shape index (κ1) is 19.3. The molecule has 5 rings (SSSR count). The van der Waals surface area contributed by atoms with Crippen molar-refractivity contribution < 1.29 is 18.4 Å². The zero-order valence-electron chi connectivity index (χ0n) is 16.3. The first-order valence-electron chi connectivity index (χ1n) is 9.72. The number of nitrogens with one attached hydrogen (secondary N) is 1. The van der Waals surface area contributed by atoms with Gasteiger partial charge in [0, 0.05) is 18.2 Å². The van der Waals surface area contributed by atoms with Gasteiger partial charge in [0.15, 0.2) is 17.5 Å². The van der Waals surface area contributed by atoms with Gasteiger partial charge in [-0.2, -0.15) is 5.10 Å². The number of rotatable bonds is 7. The number of hydrogen-bond donors (Lipinski definition) is 2.